The monoisotopic (exact) mass is 379 g/mol. The molecular formula is C26H25N3. The maximum Gasteiger partial charge on any atom is 0.0555 e. The van der Waals surface area contributed by atoms with E-state index in [0.717, 1.165) is 26.2 Å². The third kappa shape index (κ3) is 3.56. The Kier molecular flexibility index (Phi) is 4.65. The zero-order chi connectivity index (χ0) is 19.6. The predicted molar refractivity (Wildman–Crippen MR) is 124 cm³/mol. The minimum atomic E-state index is 0.938. The third-order valence-electron chi connectivity index (χ3n) is 5.82. The van der Waals surface area contributed by atoms with Gasteiger partial charge in [0.1, 0.15) is 0 Å². The molecule has 0 atom stereocenters. The fourth-order valence-corrected chi connectivity index (χ4v) is 4.15. The van der Waals surface area contributed by atoms with Gasteiger partial charge in [-0.15, -0.1) is 0 Å². The van der Waals surface area contributed by atoms with Gasteiger partial charge in [-0.25, -0.2) is 0 Å². The first kappa shape index (κ1) is 17.7. The number of rotatable bonds is 3. The van der Waals surface area contributed by atoms with Crippen molar-refractivity contribution in [2.45, 2.75) is 6.92 Å². The summed E-state index contributed by atoms with van der Waals surface area (Å²) in [5.74, 6) is 0. The van der Waals surface area contributed by atoms with Gasteiger partial charge in [0.15, 0.2) is 0 Å². The van der Waals surface area contributed by atoms with Crippen molar-refractivity contribution in [1.82, 2.24) is 5.01 Å². The fraction of sp³-hybridized carbons (Fsp3) is 0.192. The number of aryl methyl sites for hydroxylation is 1. The highest BCUT2D eigenvalue weighted by Gasteiger charge is 2.16. The van der Waals surface area contributed by atoms with Crippen LogP contribution in [0.2, 0.25) is 0 Å². The summed E-state index contributed by atoms with van der Waals surface area (Å²) in [4.78, 5) is 2.44. The molecule has 3 heteroatoms. The van der Waals surface area contributed by atoms with Crippen molar-refractivity contribution in [2.24, 2.45) is 5.10 Å². The molecule has 144 valence electrons. The van der Waals surface area contributed by atoms with Crippen LogP contribution in [0.25, 0.3) is 21.5 Å². The predicted octanol–water partition coefficient (Wildman–Crippen LogP) is 5.46. The summed E-state index contributed by atoms with van der Waals surface area (Å²) >= 11 is 0. The molecule has 1 aliphatic heterocycles. The SMILES string of the molecule is Cc1ccc(N2CCN(/N=C\c3c4ccccc4cc4ccccc34)CC2)cc1. The minimum absolute atomic E-state index is 0.938. The first-order valence-corrected chi connectivity index (χ1v) is 10.3. The van der Waals surface area contributed by atoms with E-state index in [9.17, 15) is 0 Å². The molecular weight excluding hydrogens is 354 g/mol. The highest BCUT2D eigenvalue weighted by molar-refractivity contribution is 6.13. The van der Waals surface area contributed by atoms with Gasteiger partial charge in [0.2, 0.25) is 0 Å². The van der Waals surface area contributed by atoms with E-state index in [1.807, 2.05) is 0 Å². The summed E-state index contributed by atoms with van der Waals surface area (Å²) in [5.41, 5.74) is 3.82. The molecule has 0 aromatic heterocycles. The maximum atomic E-state index is 4.88. The highest BCUT2D eigenvalue weighted by atomic mass is 15.5. The van der Waals surface area contributed by atoms with Crippen LogP contribution >= 0.6 is 0 Å². The molecule has 1 saturated heterocycles. The second kappa shape index (κ2) is 7.59. The van der Waals surface area contributed by atoms with Crippen LogP contribution in [0.15, 0.2) is 84.0 Å². The molecule has 1 aliphatic rings. The van der Waals surface area contributed by atoms with Crippen LogP contribution < -0.4 is 4.90 Å². The molecule has 4 aromatic rings. The number of nitrogens with zero attached hydrogens (tertiary/aromatic N) is 3. The average molecular weight is 380 g/mol. The van der Waals surface area contributed by atoms with Gasteiger partial charge in [0, 0.05) is 24.3 Å². The van der Waals surface area contributed by atoms with Crippen LogP contribution in [0, 0.1) is 6.92 Å². The number of fused-ring (bicyclic) bond motifs is 2. The van der Waals surface area contributed by atoms with E-state index in [2.05, 4.69) is 102 Å². The zero-order valence-electron chi connectivity index (χ0n) is 16.8. The van der Waals surface area contributed by atoms with Crippen LogP contribution in [-0.4, -0.2) is 37.4 Å². The van der Waals surface area contributed by atoms with E-state index in [1.54, 1.807) is 0 Å². The van der Waals surface area contributed by atoms with Crippen molar-refractivity contribution in [2.75, 3.05) is 31.1 Å². The Morgan fingerprint density at radius 2 is 1.31 bits per heavy atom. The zero-order valence-corrected chi connectivity index (χ0v) is 16.8. The highest BCUT2D eigenvalue weighted by Crippen LogP contribution is 2.27. The lowest BCUT2D eigenvalue weighted by Gasteiger charge is -2.34. The Morgan fingerprint density at radius 3 is 1.93 bits per heavy atom. The average Bonchev–Trinajstić information content (AvgIpc) is 2.77. The Balaban J connectivity index is 1.39. The van der Waals surface area contributed by atoms with Crippen molar-refractivity contribution in [3.63, 3.8) is 0 Å². The summed E-state index contributed by atoms with van der Waals surface area (Å²) < 4.78 is 0. The lowest BCUT2D eigenvalue weighted by Crippen LogP contribution is -2.44. The van der Waals surface area contributed by atoms with Crippen LogP contribution in [0.1, 0.15) is 11.1 Å². The van der Waals surface area contributed by atoms with E-state index in [-0.39, 0.29) is 0 Å². The molecule has 0 N–H and O–H groups in total. The first-order chi connectivity index (χ1) is 14.3. The Morgan fingerprint density at radius 1 is 0.724 bits per heavy atom. The largest absolute Gasteiger partial charge is 0.368 e. The number of piperazine rings is 1. The molecule has 0 spiro atoms. The van der Waals surface area contributed by atoms with E-state index in [1.165, 1.54) is 38.4 Å². The van der Waals surface area contributed by atoms with Crippen LogP contribution in [-0.2, 0) is 0 Å². The number of hydrazone groups is 1. The van der Waals surface area contributed by atoms with E-state index in [4.69, 9.17) is 5.10 Å². The lowest BCUT2D eigenvalue weighted by molar-refractivity contribution is 0.272. The van der Waals surface area contributed by atoms with E-state index < -0.39 is 0 Å². The number of hydrogen-bond donors (Lipinski definition) is 0. The molecule has 5 rings (SSSR count). The van der Waals surface area contributed by atoms with Crippen LogP contribution in [0.4, 0.5) is 5.69 Å². The Hall–Kier alpha value is -3.33. The summed E-state index contributed by atoms with van der Waals surface area (Å²) in [6.07, 6.45) is 2.06. The van der Waals surface area contributed by atoms with Gasteiger partial charge < -0.3 is 4.90 Å². The molecule has 3 nitrogen and oxygen atoms in total. The standard InChI is InChI=1S/C26H25N3/c1-20-10-12-23(13-11-20)28-14-16-29(17-15-28)27-19-26-24-8-4-2-6-21(24)18-22-7-3-5-9-25(22)26/h2-13,18-19H,14-17H2,1H3/b27-19-. The molecule has 0 unspecified atom stereocenters. The Bertz CT molecular complexity index is 1120. The van der Waals surface area contributed by atoms with Crippen molar-refractivity contribution in [3.8, 4) is 0 Å². The maximum absolute atomic E-state index is 4.88. The minimum Gasteiger partial charge on any atom is -0.368 e. The lowest BCUT2D eigenvalue weighted by atomic mass is 9.97. The molecule has 4 aromatic carbocycles. The molecule has 0 aliphatic carbocycles. The summed E-state index contributed by atoms with van der Waals surface area (Å²) in [5, 5.41) is 12.1. The van der Waals surface area contributed by atoms with Crippen molar-refractivity contribution in [3.05, 3.63) is 90.0 Å². The molecule has 0 radical (unpaired) electrons. The number of hydrogen-bond acceptors (Lipinski definition) is 3. The fourth-order valence-electron chi connectivity index (χ4n) is 4.15. The quantitative estimate of drug-likeness (QED) is 0.348. The summed E-state index contributed by atoms with van der Waals surface area (Å²) in [6.45, 7) is 6.00. The Labute approximate surface area is 171 Å². The van der Waals surface area contributed by atoms with Gasteiger partial charge in [-0.1, -0.05) is 66.2 Å². The van der Waals surface area contributed by atoms with Gasteiger partial charge in [-0.3, -0.25) is 5.01 Å². The van der Waals surface area contributed by atoms with E-state index >= 15 is 0 Å². The molecule has 1 fully saturated rings. The molecule has 0 bridgehead atoms. The van der Waals surface area contributed by atoms with Crippen molar-refractivity contribution < 1.29 is 0 Å². The first-order valence-electron chi connectivity index (χ1n) is 10.3. The normalized spacial score (nSPS) is 14.9. The summed E-state index contributed by atoms with van der Waals surface area (Å²) in [6, 6.07) is 28.2. The molecule has 29 heavy (non-hydrogen) atoms. The van der Waals surface area contributed by atoms with Gasteiger partial charge in [0.25, 0.3) is 0 Å². The van der Waals surface area contributed by atoms with Gasteiger partial charge in [-0.2, -0.15) is 5.10 Å². The second-order valence-electron chi connectivity index (χ2n) is 7.75. The number of benzene rings is 4. The molecule has 0 amide bonds. The van der Waals surface area contributed by atoms with Gasteiger partial charge in [0.05, 0.1) is 19.3 Å². The smallest absolute Gasteiger partial charge is 0.0555 e. The number of anilines is 1. The topological polar surface area (TPSA) is 18.8 Å². The summed E-state index contributed by atoms with van der Waals surface area (Å²) in [7, 11) is 0. The molecule has 1 heterocycles. The van der Waals surface area contributed by atoms with Crippen molar-refractivity contribution in [1.29, 1.82) is 0 Å². The molecule has 0 saturated carbocycles. The van der Waals surface area contributed by atoms with Crippen molar-refractivity contribution >= 4 is 33.4 Å². The van der Waals surface area contributed by atoms with Gasteiger partial charge in [-0.05, 0) is 46.7 Å². The van der Waals surface area contributed by atoms with Gasteiger partial charge >= 0.3 is 0 Å². The van der Waals surface area contributed by atoms with Crippen LogP contribution in [0.3, 0.4) is 0 Å². The third-order valence-corrected chi connectivity index (χ3v) is 5.82. The van der Waals surface area contributed by atoms with Crippen LogP contribution in [0.5, 0.6) is 0 Å². The second-order valence-corrected chi connectivity index (χ2v) is 7.75. The van der Waals surface area contributed by atoms with E-state index in [0.29, 0.717) is 0 Å².